The number of rotatable bonds is 5. The monoisotopic (exact) mass is 342 g/mol. The Kier molecular flexibility index (Phi) is 4.88. The predicted molar refractivity (Wildman–Crippen MR) is 96.2 cm³/mol. The van der Waals surface area contributed by atoms with Gasteiger partial charge in [-0.2, -0.15) is 0 Å². The van der Waals surface area contributed by atoms with E-state index < -0.39 is 6.10 Å². The number of carbonyl (C=O) groups is 1. The molecule has 5 heteroatoms. The number of benzene rings is 2. The van der Waals surface area contributed by atoms with Crippen molar-refractivity contribution in [1.82, 2.24) is 10.3 Å². The van der Waals surface area contributed by atoms with Gasteiger partial charge in [0.15, 0.2) is 0 Å². The summed E-state index contributed by atoms with van der Waals surface area (Å²) in [5, 5.41) is 14.5. The topological polar surface area (TPSA) is 65.1 Å². The predicted octanol–water partition coefficient (Wildman–Crippen LogP) is 3.52. The minimum absolute atomic E-state index is 0.129. The largest absolute Gasteiger partial charge is 0.387 e. The maximum atomic E-state index is 12.2. The summed E-state index contributed by atoms with van der Waals surface area (Å²) in [6, 6.07) is 13.1. The smallest absolute Gasteiger partial charge is 0.224 e. The van der Waals surface area contributed by atoms with Gasteiger partial charge in [-0.25, -0.2) is 0 Å². The van der Waals surface area contributed by atoms with Crippen LogP contribution >= 0.6 is 11.6 Å². The van der Waals surface area contributed by atoms with Gasteiger partial charge in [0.25, 0.3) is 0 Å². The number of aliphatic hydroxyl groups is 1. The molecule has 1 atom stereocenters. The van der Waals surface area contributed by atoms with E-state index in [1.165, 1.54) is 0 Å². The number of aryl methyl sites for hydroxylation is 1. The van der Waals surface area contributed by atoms with Gasteiger partial charge in [-0.05, 0) is 24.1 Å². The van der Waals surface area contributed by atoms with Crippen LogP contribution in [0.1, 0.15) is 22.8 Å². The maximum absolute atomic E-state index is 12.2. The van der Waals surface area contributed by atoms with Crippen LogP contribution in [-0.4, -0.2) is 22.5 Å². The lowest BCUT2D eigenvalue weighted by molar-refractivity contribution is -0.120. The van der Waals surface area contributed by atoms with Crippen molar-refractivity contribution >= 4 is 28.4 Å². The molecule has 3 aromatic rings. The van der Waals surface area contributed by atoms with E-state index in [1.54, 1.807) is 24.3 Å². The van der Waals surface area contributed by atoms with Crippen LogP contribution in [0.4, 0.5) is 0 Å². The number of hydrogen-bond acceptors (Lipinski definition) is 2. The second-order valence-corrected chi connectivity index (χ2v) is 6.24. The number of H-pyrrole nitrogens is 1. The standard InChI is InChI=1S/C19H19ClN2O2/c1-12-5-4-7-14-13(10-22-19(12)14)9-18(24)21-11-17(23)15-6-2-3-8-16(15)20/h2-8,10,17,22-23H,9,11H2,1H3,(H,21,24). The molecule has 0 spiro atoms. The Morgan fingerprint density at radius 3 is 2.83 bits per heavy atom. The number of carbonyl (C=O) groups excluding carboxylic acids is 1. The minimum Gasteiger partial charge on any atom is -0.387 e. The highest BCUT2D eigenvalue weighted by Crippen LogP contribution is 2.23. The fourth-order valence-electron chi connectivity index (χ4n) is 2.81. The van der Waals surface area contributed by atoms with Crippen LogP contribution in [0.3, 0.4) is 0 Å². The number of aromatic amines is 1. The van der Waals surface area contributed by atoms with Gasteiger partial charge >= 0.3 is 0 Å². The Bertz CT molecular complexity index is 873. The summed E-state index contributed by atoms with van der Waals surface area (Å²) in [6.07, 6.45) is 1.30. The van der Waals surface area contributed by atoms with Gasteiger partial charge < -0.3 is 15.4 Å². The zero-order chi connectivity index (χ0) is 17.1. The molecule has 0 aliphatic heterocycles. The number of aromatic nitrogens is 1. The van der Waals surface area contributed by atoms with Crippen molar-refractivity contribution in [3.8, 4) is 0 Å². The summed E-state index contributed by atoms with van der Waals surface area (Å²) in [7, 11) is 0. The van der Waals surface area contributed by atoms with Gasteiger partial charge in [0, 0.05) is 34.2 Å². The van der Waals surface area contributed by atoms with E-state index in [0.29, 0.717) is 10.6 Å². The van der Waals surface area contributed by atoms with Crippen LogP contribution in [-0.2, 0) is 11.2 Å². The van der Waals surface area contributed by atoms with Gasteiger partial charge in [-0.15, -0.1) is 0 Å². The van der Waals surface area contributed by atoms with E-state index in [1.807, 2.05) is 31.3 Å². The number of hydrogen-bond donors (Lipinski definition) is 3. The van der Waals surface area contributed by atoms with Crippen molar-refractivity contribution in [3.63, 3.8) is 0 Å². The molecule has 1 aromatic heterocycles. The van der Waals surface area contributed by atoms with E-state index in [4.69, 9.17) is 11.6 Å². The fraction of sp³-hybridized carbons (Fsp3) is 0.211. The first-order valence-electron chi connectivity index (χ1n) is 7.81. The zero-order valence-electron chi connectivity index (χ0n) is 13.3. The normalized spacial score (nSPS) is 12.3. The molecule has 3 rings (SSSR count). The van der Waals surface area contributed by atoms with Crippen LogP contribution in [0, 0.1) is 6.92 Å². The third-order valence-electron chi connectivity index (χ3n) is 4.12. The first-order valence-corrected chi connectivity index (χ1v) is 8.19. The SMILES string of the molecule is Cc1cccc2c(CC(=O)NCC(O)c3ccccc3Cl)c[nH]c12. The van der Waals surface area contributed by atoms with Gasteiger partial charge in [-0.3, -0.25) is 4.79 Å². The quantitative estimate of drug-likeness (QED) is 0.664. The van der Waals surface area contributed by atoms with Crippen LogP contribution in [0.25, 0.3) is 10.9 Å². The highest BCUT2D eigenvalue weighted by atomic mass is 35.5. The van der Waals surface area contributed by atoms with Gasteiger partial charge in [0.1, 0.15) is 0 Å². The molecule has 0 bridgehead atoms. The Morgan fingerprint density at radius 2 is 2.04 bits per heavy atom. The third kappa shape index (κ3) is 3.45. The Labute approximate surface area is 145 Å². The van der Waals surface area contributed by atoms with Crippen molar-refractivity contribution < 1.29 is 9.90 Å². The molecule has 0 saturated heterocycles. The average molecular weight is 343 g/mol. The first-order chi connectivity index (χ1) is 11.6. The van der Waals surface area contributed by atoms with Gasteiger partial charge in [0.05, 0.1) is 12.5 Å². The summed E-state index contributed by atoms with van der Waals surface area (Å²) in [6.45, 7) is 2.16. The zero-order valence-corrected chi connectivity index (χ0v) is 14.1. The molecule has 3 N–H and O–H groups in total. The Hall–Kier alpha value is -2.30. The summed E-state index contributed by atoms with van der Waals surface area (Å²) in [5.74, 6) is -0.136. The highest BCUT2D eigenvalue weighted by molar-refractivity contribution is 6.31. The highest BCUT2D eigenvalue weighted by Gasteiger charge is 2.14. The van der Waals surface area contributed by atoms with Crippen molar-refractivity contribution in [2.45, 2.75) is 19.4 Å². The van der Waals surface area contributed by atoms with Crippen LogP contribution in [0.15, 0.2) is 48.7 Å². The summed E-state index contributed by atoms with van der Waals surface area (Å²) >= 11 is 6.05. The number of para-hydroxylation sites is 1. The lowest BCUT2D eigenvalue weighted by Gasteiger charge is -2.13. The lowest BCUT2D eigenvalue weighted by Crippen LogP contribution is -2.29. The van der Waals surface area contributed by atoms with Crippen molar-refractivity contribution in [3.05, 3.63) is 70.4 Å². The van der Waals surface area contributed by atoms with Crippen LogP contribution in [0.5, 0.6) is 0 Å². The molecule has 1 amide bonds. The fourth-order valence-corrected chi connectivity index (χ4v) is 3.07. The third-order valence-corrected chi connectivity index (χ3v) is 4.46. The number of aliphatic hydroxyl groups excluding tert-OH is 1. The number of amides is 1. The molecule has 124 valence electrons. The van der Waals surface area contributed by atoms with E-state index in [0.717, 1.165) is 22.0 Å². The van der Waals surface area contributed by atoms with Crippen LogP contribution < -0.4 is 5.32 Å². The molecule has 0 fully saturated rings. The second kappa shape index (κ2) is 7.07. The van der Waals surface area contributed by atoms with E-state index >= 15 is 0 Å². The van der Waals surface area contributed by atoms with Gasteiger partial charge in [-0.1, -0.05) is 48.0 Å². The Morgan fingerprint density at radius 1 is 1.25 bits per heavy atom. The molecule has 2 aromatic carbocycles. The van der Waals surface area contributed by atoms with E-state index in [2.05, 4.69) is 10.3 Å². The first kappa shape index (κ1) is 16.6. The average Bonchev–Trinajstić information content (AvgIpc) is 2.97. The number of nitrogens with one attached hydrogen (secondary N) is 2. The molecular weight excluding hydrogens is 324 g/mol. The van der Waals surface area contributed by atoms with Gasteiger partial charge in [0.2, 0.25) is 5.91 Å². The summed E-state index contributed by atoms with van der Waals surface area (Å²) in [5.41, 5.74) is 3.75. The van der Waals surface area contributed by atoms with Crippen molar-refractivity contribution in [2.75, 3.05) is 6.54 Å². The summed E-state index contributed by atoms with van der Waals surface area (Å²) < 4.78 is 0. The molecule has 1 unspecified atom stereocenters. The molecule has 0 aliphatic rings. The van der Waals surface area contributed by atoms with Crippen LogP contribution in [0.2, 0.25) is 5.02 Å². The molecule has 1 heterocycles. The molecule has 0 aliphatic carbocycles. The molecule has 4 nitrogen and oxygen atoms in total. The number of fused-ring (bicyclic) bond motifs is 1. The van der Waals surface area contributed by atoms with E-state index in [-0.39, 0.29) is 18.9 Å². The van der Waals surface area contributed by atoms with Crippen molar-refractivity contribution in [2.24, 2.45) is 0 Å². The van der Waals surface area contributed by atoms with Crippen molar-refractivity contribution in [1.29, 1.82) is 0 Å². The maximum Gasteiger partial charge on any atom is 0.224 e. The molecule has 0 saturated carbocycles. The Balaban J connectivity index is 1.63. The molecule has 24 heavy (non-hydrogen) atoms. The van der Waals surface area contributed by atoms with E-state index in [9.17, 15) is 9.90 Å². The lowest BCUT2D eigenvalue weighted by atomic mass is 10.1. The molecular formula is C19H19ClN2O2. The molecule has 0 radical (unpaired) electrons. The second-order valence-electron chi connectivity index (χ2n) is 5.83. The summed E-state index contributed by atoms with van der Waals surface area (Å²) in [4.78, 5) is 15.4. The number of halogens is 1. The minimum atomic E-state index is -0.826.